The average molecular weight is 254 g/mol. The molecule has 7 heteroatoms. The lowest BCUT2D eigenvalue weighted by Gasteiger charge is -2.06. The highest BCUT2D eigenvalue weighted by atomic mass is 16.5. The van der Waals surface area contributed by atoms with Crippen LogP contribution in [0.5, 0.6) is 0 Å². The molecule has 1 aromatic rings. The van der Waals surface area contributed by atoms with E-state index in [1.807, 2.05) is 13.8 Å². The minimum Gasteiger partial charge on any atom is -0.406 e. The molecule has 2 N–H and O–H groups in total. The second-order valence-corrected chi connectivity index (χ2v) is 4.50. The molecule has 18 heavy (non-hydrogen) atoms. The van der Waals surface area contributed by atoms with Gasteiger partial charge in [0.1, 0.15) is 6.61 Å². The Morgan fingerprint density at radius 2 is 2.44 bits per heavy atom. The van der Waals surface area contributed by atoms with Crippen LogP contribution >= 0.6 is 0 Å². The van der Waals surface area contributed by atoms with Crippen molar-refractivity contribution in [1.29, 1.82) is 0 Å². The standard InChI is InChI=1S/C11H18N4O3/c1-7(2)17-6-9(16)13-11-15-14-10(18-11)8-4-3-5-12-8/h7-8,12H,3-6H2,1-2H3,(H,13,15,16). The molecule has 1 fully saturated rings. The van der Waals surface area contributed by atoms with Crippen LogP contribution in [0.2, 0.25) is 0 Å². The third kappa shape index (κ3) is 3.51. The van der Waals surface area contributed by atoms with Crippen molar-refractivity contribution in [3.05, 3.63) is 5.89 Å². The zero-order valence-corrected chi connectivity index (χ0v) is 10.6. The Balaban J connectivity index is 1.84. The first kappa shape index (κ1) is 13.0. The van der Waals surface area contributed by atoms with Gasteiger partial charge in [-0.2, -0.15) is 0 Å². The van der Waals surface area contributed by atoms with E-state index in [4.69, 9.17) is 9.15 Å². The number of rotatable bonds is 5. The molecular formula is C11H18N4O3. The van der Waals surface area contributed by atoms with Crippen LogP contribution in [0.3, 0.4) is 0 Å². The van der Waals surface area contributed by atoms with Crippen molar-refractivity contribution < 1.29 is 13.9 Å². The molecule has 7 nitrogen and oxygen atoms in total. The topological polar surface area (TPSA) is 89.3 Å². The smallest absolute Gasteiger partial charge is 0.322 e. The van der Waals surface area contributed by atoms with Gasteiger partial charge in [-0.3, -0.25) is 10.1 Å². The maximum absolute atomic E-state index is 11.5. The molecule has 0 aliphatic carbocycles. The quantitative estimate of drug-likeness (QED) is 0.810. The van der Waals surface area contributed by atoms with Crippen molar-refractivity contribution in [2.75, 3.05) is 18.5 Å². The highest BCUT2D eigenvalue weighted by Gasteiger charge is 2.22. The first-order chi connectivity index (χ1) is 8.65. The third-order valence-corrected chi connectivity index (χ3v) is 2.59. The van der Waals surface area contributed by atoms with Gasteiger partial charge in [0.05, 0.1) is 12.1 Å². The highest BCUT2D eigenvalue weighted by Crippen LogP contribution is 2.22. The SMILES string of the molecule is CC(C)OCC(=O)Nc1nnc(C2CCCN2)o1. The monoisotopic (exact) mass is 254 g/mol. The Bertz CT molecular complexity index is 399. The van der Waals surface area contributed by atoms with Gasteiger partial charge in [0.25, 0.3) is 5.91 Å². The first-order valence-electron chi connectivity index (χ1n) is 6.13. The summed E-state index contributed by atoms with van der Waals surface area (Å²) in [6.07, 6.45) is 2.08. The predicted molar refractivity (Wildman–Crippen MR) is 64.0 cm³/mol. The second kappa shape index (κ2) is 5.92. The zero-order chi connectivity index (χ0) is 13.0. The van der Waals surface area contributed by atoms with Crippen molar-refractivity contribution >= 4 is 11.9 Å². The largest absolute Gasteiger partial charge is 0.406 e. The van der Waals surface area contributed by atoms with Crippen molar-refractivity contribution in [1.82, 2.24) is 15.5 Å². The summed E-state index contributed by atoms with van der Waals surface area (Å²) in [5, 5.41) is 13.5. The molecule has 0 spiro atoms. The summed E-state index contributed by atoms with van der Waals surface area (Å²) in [5.41, 5.74) is 0. The van der Waals surface area contributed by atoms with Crippen LogP contribution in [0, 0.1) is 0 Å². The van der Waals surface area contributed by atoms with E-state index in [0.717, 1.165) is 19.4 Å². The van der Waals surface area contributed by atoms with Gasteiger partial charge < -0.3 is 14.5 Å². The maximum Gasteiger partial charge on any atom is 0.322 e. The number of nitrogens with one attached hydrogen (secondary N) is 2. The van der Waals surface area contributed by atoms with Crippen molar-refractivity contribution in [3.63, 3.8) is 0 Å². The molecule has 2 heterocycles. The molecule has 1 aliphatic heterocycles. The fourth-order valence-electron chi connectivity index (χ4n) is 1.72. The Morgan fingerprint density at radius 1 is 1.61 bits per heavy atom. The summed E-state index contributed by atoms with van der Waals surface area (Å²) in [4.78, 5) is 11.5. The van der Waals surface area contributed by atoms with Gasteiger partial charge in [0, 0.05) is 0 Å². The van der Waals surface area contributed by atoms with E-state index < -0.39 is 0 Å². The van der Waals surface area contributed by atoms with Crippen LogP contribution in [-0.4, -0.2) is 35.4 Å². The van der Waals surface area contributed by atoms with Crippen molar-refractivity contribution in [2.24, 2.45) is 0 Å². The van der Waals surface area contributed by atoms with E-state index in [1.165, 1.54) is 0 Å². The van der Waals surface area contributed by atoms with Gasteiger partial charge in [0.2, 0.25) is 5.89 Å². The number of carbonyl (C=O) groups excluding carboxylic acids is 1. The molecular weight excluding hydrogens is 236 g/mol. The second-order valence-electron chi connectivity index (χ2n) is 4.50. The molecule has 1 unspecified atom stereocenters. The first-order valence-corrected chi connectivity index (χ1v) is 6.13. The molecule has 1 saturated heterocycles. The molecule has 2 rings (SSSR count). The van der Waals surface area contributed by atoms with Gasteiger partial charge in [-0.05, 0) is 33.2 Å². The highest BCUT2D eigenvalue weighted by molar-refractivity contribution is 5.89. The number of anilines is 1. The molecule has 0 aromatic carbocycles. The number of aromatic nitrogens is 2. The minimum atomic E-state index is -0.293. The summed E-state index contributed by atoms with van der Waals surface area (Å²) in [5.74, 6) is 0.228. The van der Waals surface area contributed by atoms with E-state index >= 15 is 0 Å². The Hall–Kier alpha value is -1.47. The molecule has 0 bridgehead atoms. The number of carbonyl (C=O) groups is 1. The third-order valence-electron chi connectivity index (χ3n) is 2.59. The number of nitrogens with zero attached hydrogens (tertiary/aromatic N) is 2. The van der Waals surface area contributed by atoms with Gasteiger partial charge in [0.15, 0.2) is 0 Å². The molecule has 1 aliphatic rings. The van der Waals surface area contributed by atoms with Gasteiger partial charge in [-0.1, -0.05) is 5.10 Å². The van der Waals surface area contributed by atoms with E-state index in [0.29, 0.717) is 5.89 Å². The average Bonchev–Trinajstić information content (AvgIpc) is 2.95. The predicted octanol–water partition coefficient (Wildman–Crippen LogP) is 0.858. The number of hydrogen-bond acceptors (Lipinski definition) is 6. The fourth-order valence-corrected chi connectivity index (χ4v) is 1.72. The van der Waals surface area contributed by atoms with Crippen LogP contribution in [0.4, 0.5) is 6.01 Å². The summed E-state index contributed by atoms with van der Waals surface area (Å²) < 4.78 is 10.5. The lowest BCUT2D eigenvalue weighted by atomic mass is 10.2. The maximum atomic E-state index is 11.5. The summed E-state index contributed by atoms with van der Waals surface area (Å²) in [6.45, 7) is 4.67. The van der Waals surface area contributed by atoms with Gasteiger partial charge in [-0.15, -0.1) is 5.10 Å². The molecule has 0 saturated carbocycles. The van der Waals surface area contributed by atoms with Crippen LogP contribution in [0.25, 0.3) is 0 Å². The number of amides is 1. The Labute approximate surface area is 105 Å². The fraction of sp³-hybridized carbons (Fsp3) is 0.727. The van der Waals surface area contributed by atoms with E-state index in [-0.39, 0.29) is 30.7 Å². The van der Waals surface area contributed by atoms with Gasteiger partial charge in [-0.25, -0.2) is 0 Å². The van der Waals surface area contributed by atoms with E-state index in [9.17, 15) is 4.79 Å². The molecule has 0 radical (unpaired) electrons. The molecule has 1 amide bonds. The summed E-state index contributed by atoms with van der Waals surface area (Å²) in [6, 6.07) is 0.228. The summed E-state index contributed by atoms with van der Waals surface area (Å²) in [7, 11) is 0. The van der Waals surface area contributed by atoms with Crippen LogP contribution in [0.15, 0.2) is 4.42 Å². The Kier molecular flexibility index (Phi) is 4.27. The van der Waals surface area contributed by atoms with Gasteiger partial charge >= 0.3 is 6.01 Å². The van der Waals surface area contributed by atoms with E-state index in [2.05, 4.69) is 20.8 Å². The normalized spacial score (nSPS) is 19.4. The van der Waals surface area contributed by atoms with Crippen LogP contribution in [-0.2, 0) is 9.53 Å². The minimum absolute atomic E-state index is 0.0108. The van der Waals surface area contributed by atoms with Crippen molar-refractivity contribution in [2.45, 2.75) is 38.8 Å². The summed E-state index contributed by atoms with van der Waals surface area (Å²) >= 11 is 0. The van der Waals surface area contributed by atoms with Crippen molar-refractivity contribution in [3.8, 4) is 0 Å². The van der Waals surface area contributed by atoms with E-state index in [1.54, 1.807) is 0 Å². The van der Waals surface area contributed by atoms with Crippen LogP contribution in [0.1, 0.15) is 38.6 Å². The molecule has 1 aromatic heterocycles. The number of ether oxygens (including phenoxy) is 1. The lowest BCUT2D eigenvalue weighted by Crippen LogP contribution is -2.20. The zero-order valence-electron chi connectivity index (χ0n) is 10.6. The van der Waals surface area contributed by atoms with Crippen LogP contribution < -0.4 is 10.6 Å². The number of hydrogen-bond donors (Lipinski definition) is 2. The lowest BCUT2D eigenvalue weighted by molar-refractivity contribution is -0.122. The molecule has 1 atom stereocenters. The molecule has 100 valence electrons. The Morgan fingerprint density at radius 3 is 3.11 bits per heavy atom.